The van der Waals surface area contributed by atoms with E-state index in [4.69, 9.17) is 10.5 Å². The van der Waals surface area contributed by atoms with Crippen molar-refractivity contribution in [1.29, 1.82) is 0 Å². The molecule has 0 radical (unpaired) electrons. The van der Waals surface area contributed by atoms with Crippen LogP contribution in [0.2, 0.25) is 0 Å². The summed E-state index contributed by atoms with van der Waals surface area (Å²) in [5.41, 5.74) is 7.16. The summed E-state index contributed by atoms with van der Waals surface area (Å²) in [4.78, 5) is 0. The van der Waals surface area contributed by atoms with Crippen LogP contribution < -0.4 is 10.5 Å². The number of benzene rings is 1. The van der Waals surface area contributed by atoms with Gasteiger partial charge in [0.2, 0.25) is 0 Å². The van der Waals surface area contributed by atoms with Crippen LogP contribution in [0.5, 0.6) is 5.75 Å². The molecule has 0 aromatic heterocycles. The highest BCUT2D eigenvalue weighted by Crippen LogP contribution is 2.27. The molecule has 0 heterocycles. The molecule has 0 bridgehead atoms. The normalized spacial score (nSPS) is 13.0. The third-order valence-corrected chi connectivity index (χ3v) is 2.69. The molecule has 0 aliphatic carbocycles. The zero-order valence-corrected chi connectivity index (χ0v) is 10.3. The minimum absolute atomic E-state index is 0.0569. The number of rotatable bonds is 3. The molecule has 0 saturated carbocycles. The Morgan fingerprint density at radius 2 is 1.93 bits per heavy atom. The molecule has 0 aliphatic rings. The van der Waals surface area contributed by atoms with E-state index in [1.165, 1.54) is 0 Å². The lowest BCUT2D eigenvalue weighted by Gasteiger charge is -2.17. The highest BCUT2D eigenvalue weighted by molar-refractivity contribution is 9.10. The molecule has 1 aromatic rings. The van der Waals surface area contributed by atoms with Crippen molar-refractivity contribution in [2.45, 2.75) is 19.9 Å². The van der Waals surface area contributed by atoms with Gasteiger partial charge in [0, 0.05) is 10.5 Å². The quantitative estimate of drug-likeness (QED) is 0.904. The summed E-state index contributed by atoms with van der Waals surface area (Å²) in [6, 6.07) is 6.00. The van der Waals surface area contributed by atoms with E-state index in [2.05, 4.69) is 29.8 Å². The first-order valence-corrected chi connectivity index (χ1v) is 5.44. The molecule has 1 unspecified atom stereocenters. The fraction of sp³-hybridized carbons (Fsp3) is 0.455. The largest absolute Gasteiger partial charge is 0.497 e. The summed E-state index contributed by atoms with van der Waals surface area (Å²) in [7, 11) is 1.66. The highest BCUT2D eigenvalue weighted by atomic mass is 79.9. The van der Waals surface area contributed by atoms with E-state index >= 15 is 0 Å². The summed E-state index contributed by atoms with van der Waals surface area (Å²) in [6.07, 6.45) is 0. The summed E-state index contributed by atoms with van der Waals surface area (Å²) in [6.45, 7) is 4.22. The molecule has 2 nitrogen and oxygen atoms in total. The van der Waals surface area contributed by atoms with Crippen molar-refractivity contribution in [3.05, 3.63) is 28.2 Å². The van der Waals surface area contributed by atoms with Crippen LogP contribution in [0.25, 0.3) is 0 Å². The first-order valence-electron chi connectivity index (χ1n) is 4.64. The van der Waals surface area contributed by atoms with E-state index in [9.17, 15) is 0 Å². The second kappa shape index (κ2) is 4.80. The Balaban J connectivity index is 3.02. The Kier molecular flexibility index (Phi) is 3.96. The lowest BCUT2D eigenvalue weighted by molar-refractivity contribution is 0.412. The maximum absolute atomic E-state index is 6.05. The first kappa shape index (κ1) is 11.5. The van der Waals surface area contributed by atoms with Crippen molar-refractivity contribution in [2.24, 2.45) is 11.7 Å². The monoisotopic (exact) mass is 257 g/mol. The number of ether oxygens (including phenoxy) is 1. The van der Waals surface area contributed by atoms with E-state index < -0.39 is 0 Å². The van der Waals surface area contributed by atoms with Crippen molar-refractivity contribution in [1.82, 2.24) is 0 Å². The predicted molar refractivity (Wildman–Crippen MR) is 62.5 cm³/mol. The van der Waals surface area contributed by atoms with Gasteiger partial charge >= 0.3 is 0 Å². The second-order valence-corrected chi connectivity index (χ2v) is 4.61. The molecule has 1 rings (SSSR count). The van der Waals surface area contributed by atoms with E-state index in [1.807, 2.05) is 18.2 Å². The zero-order valence-electron chi connectivity index (χ0n) is 8.75. The maximum atomic E-state index is 6.05. The SMILES string of the molecule is COc1cc(Br)cc(C(N)C(C)C)c1. The van der Waals surface area contributed by atoms with E-state index in [-0.39, 0.29) is 6.04 Å². The van der Waals surface area contributed by atoms with Crippen LogP contribution in [0.3, 0.4) is 0 Å². The predicted octanol–water partition coefficient (Wildman–Crippen LogP) is 3.11. The second-order valence-electron chi connectivity index (χ2n) is 3.69. The fourth-order valence-corrected chi connectivity index (χ4v) is 1.77. The Labute approximate surface area is 93.6 Å². The van der Waals surface area contributed by atoms with Gasteiger partial charge in [-0.1, -0.05) is 29.8 Å². The van der Waals surface area contributed by atoms with Gasteiger partial charge in [-0.3, -0.25) is 0 Å². The van der Waals surface area contributed by atoms with Gasteiger partial charge in [0.15, 0.2) is 0 Å². The van der Waals surface area contributed by atoms with Crippen LogP contribution in [-0.2, 0) is 0 Å². The summed E-state index contributed by atoms with van der Waals surface area (Å²) in [5.74, 6) is 1.26. The Morgan fingerprint density at radius 1 is 1.29 bits per heavy atom. The van der Waals surface area contributed by atoms with Crippen LogP contribution in [0.15, 0.2) is 22.7 Å². The lowest BCUT2D eigenvalue weighted by atomic mass is 9.97. The van der Waals surface area contributed by atoms with Crippen molar-refractivity contribution < 1.29 is 4.74 Å². The Hall–Kier alpha value is -0.540. The smallest absolute Gasteiger partial charge is 0.120 e. The van der Waals surface area contributed by atoms with Gasteiger partial charge in [0.05, 0.1) is 7.11 Å². The van der Waals surface area contributed by atoms with Crippen molar-refractivity contribution in [3.8, 4) is 5.75 Å². The zero-order chi connectivity index (χ0) is 10.7. The molecule has 0 amide bonds. The molecule has 0 fully saturated rings. The molecular weight excluding hydrogens is 242 g/mol. The van der Waals surface area contributed by atoms with Crippen LogP contribution in [-0.4, -0.2) is 7.11 Å². The lowest BCUT2D eigenvalue weighted by Crippen LogP contribution is -2.16. The van der Waals surface area contributed by atoms with Gasteiger partial charge in [-0.2, -0.15) is 0 Å². The summed E-state index contributed by atoms with van der Waals surface area (Å²) in [5, 5.41) is 0. The van der Waals surface area contributed by atoms with Crippen molar-refractivity contribution in [3.63, 3.8) is 0 Å². The molecule has 78 valence electrons. The van der Waals surface area contributed by atoms with Gasteiger partial charge in [-0.25, -0.2) is 0 Å². The number of nitrogens with two attached hydrogens (primary N) is 1. The topological polar surface area (TPSA) is 35.2 Å². The van der Waals surface area contributed by atoms with Crippen LogP contribution in [0.1, 0.15) is 25.5 Å². The van der Waals surface area contributed by atoms with Gasteiger partial charge in [0.1, 0.15) is 5.75 Å². The summed E-state index contributed by atoms with van der Waals surface area (Å²) < 4.78 is 6.18. The van der Waals surface area contributed by atoms with Crippen molar-refractivity contribution in [2.75, 3.05) is 7.11 Å². The summed E-state index contributed by atoms with van der Waals surface area (Å²) >= 11 is 3.44. The average molecular weight is 258 g/mol. The minimum Gasteiger partial charge on any atom is -0.497 e. The minimum atomic E-state index is 0.0569. The molecule has 3 heteroatoms. The maximum Gasteiger partial charge on any atom is 0.120 e. The molecular formula is C11H16BrNO. The standard InChI is InChI=1S/C11H16BrNO/c1-7(2)11(13)8-4-9(12)6-10(5-8)14-3/h4-7,11H,13H2,1-3H3. The number of hydrogen-bond acceptors (Lipinski definition) is 2. The number of hydrogen-bond donors (Lipinski definition) is 1. The average Bonchev–Trinajstić information content (AvgIpc) is 2.15. The molecule has 0 saturated heterocycles. The van der Waals surface area contributed by atoms with Crippen molar-refractivity contribution >= 4 is 15.9 Å². The Morgan fingerprint density at radius 3 is 2.43 bits per heavy atom. The third kappa shape index (κ3) is 2.72. The molecule has 0 aliphatic heterocycles. The van der Waals surface area contributed by atoms with Gasteiger partial charge in [0.25, 0.3) is 0 Å². The van der Waals surface area contributed by atoms with Gasteiger partial charge in [-0.05, 0) is 29.7 Å². The van der Waals surface area contributed by atoms with Gasteiger partial charge in [-0.15, -0.1) is 0 Å². The van der Waals surface area contributed by atoms with Crippen LogP contribution >= 0.6 is 15.9 Å². The fourth-order valence-electron chi connectivity index (χ4n) is 1.28. The number of halogens is 1. The third-order valence-electron chi connectivity index (χ3n) is 2.23. The molecule has 14 heavy (non-hydrogen) atoms. The molecule has 1 atom stereocenters. The first-order chi connectivity index (χ1) is 6.54. The highest BCUT2D eigenvalue weighted by Gasteiger charge is 2.11. The molecule has 2 N–H and O–H groups in total. The van der Waals surface area contributed by atoms with Crippen LogP contribution in [0.4, 0.5) is 0 Å². The molecule has 0 spiro atoms. The Bertz CT molecular complexity index is 312. The van der Waals surface area contributed by atoms with Crippen LogP contribution in [0, 0.1) is 5.92 Å². The molecule has 1 aromatic carbocycles. The van der Waals surface area contributed by atoms with Gasteiger partial charge < -0.3 is 10.5 Å². The number of methoxy groups -OCH3 is 1. The van der Waals surface area contributed by atoms with E-state index in [1.54, 1.807) is 7.11 Å². The van der Waals surface area contributed by atoms with E-state index in [0.29, 0.717) is 5.92 Å². The van der Waals surface area contributed by atoms with E-state index in [0.717, 1.165) is 15.8 Å².